The smallest absolute Gasteiger partial charge is 0.230 e. The van der Waals surface area contributed by atoms with Crippen LogP contribution in [0.1, 0.15) is 5.69 Å². The number of carbonyl (C=O) groups is 1. The van der Waals surface area contributed by atoms with Gasteiger partial charge in [-0.2, -0.15) is 0 Å². The summed E-state index contributed by atoms with van der Waals surface area (Å²) >= 11 is 0. The van der Waals surface area contributed by atoms with Crippen LogP contribution in [0.5, 0.6) is 0 Å². The van der Waals surface area contributed by atoms with Crippen molar-refractivity contribution in [2.24, 2.45) is 0 Å². The molecule has 3 N–H and O–H groups in total. The fraction of sp³-hybridized carbons (Fsp3) is 0.167. The number of aromatic nitrogens is 1. The molecule has 0 aliphatic heterocycles. The van der Waals surface area contributed by atoms with Gasteiger partial charge >= 0.3 is 0 Å². The number of hydrogen-bond donors (Lipinski definition) is 3. The highest BCUT2D eigenvalue weighted by molar-refractivity contribution is 5.90. The van der Waals surface area contributed by atoms with Crippen molar-refractivity contribution in [2.45, 2.75) is 0 Å². The number of aromatic amines is 1. The van der Waals surface area contributed by atoms with Gasteiger partial charge in [0.1, 0.15) is 0 Å². The Bertz CT molecular complexity index is 457. The molecule has 0 aliphatic carbocycles. The summed E-state index contributed by atoms with van der Waals surface area (Å²) < 4.78 is 0. The molecule has 4 nitrogen and oxygen atoms in total. The third-order valence-electron chi connectivity index (χ3n) is 2.25. The van der Waals surface area contributed by atoms with Crippen LogP contribution < -0.4 is 5.32 Å². The van der Waals surface area contributed by atoms with Crippen molar-refractivity contribution in [3.05, 3.63) is 42.4 Å². The zero-order valence-corrected chi connectivity index (χ0v) is 8.73. The molecule has 0 fully saturated rings. The van der Waals surface area contributed by atoms with Gasteiger partial charge in [0, 0.05) is 17.8 Å². The Labute approximate surface area is 93.3 Å². The minimum Gasteiger partial charge on any atom is -0.395 e. The van der Waals surface area contributed by atoms with E-state index in [1.165, 1.54) is 6.42 Å². The number of carbonyl (C=O) groups excluding carboxylic acids is 1. The van der Waals surface area contributed by atoms with Gasteiger partial charge in [-0.15, -0.1) is 0 Å². The van der Waals surface area contributed by atoms with Crippen LogP contribution in [0.2, 0.25) is 0 Å². The molecule has 0 aliphatic rings. The second kappa shape index (κ2) is 4.81. The Morgan fingerprint density at radius 2 is 2.25 bits per heavy atom. The molecule has 4 heteroatoms. The Morgan fingerprint density at radius 3 is 3.00 bits per heavy atom. The predicted molar refractivity (Wildman–Crippen MR) is 61.8 cm³/mol. The molecule has 1 aromatic carbocycles. The van der Waals surface area contributed by atoms with E-state index in [-0.39, 0.29) is 19.1 Å². The molecule has 0 bridgehead atoms. The number of fused-ring (bicyclic) bond motifs is 1. The fourth-order valence-electron chi connectivity index (χ4n) is 1.54. The summed E-state index contributed by atoms with van der Waals surface area (Å²) in [4.78, 5) is 14.5. The topological polar surface area (TPSA) is 65.1 Å². The maximum atomic E-state index is 11.4. The number of benzene rings is 1. The molecule has 0 unspecified atom stereocenters. The summed E-state index contributed by atoms with van der Waals surface area (Å²) in [5.74, 6) is -0.208. The number of hydrogen-bond acceptors (Lipinski definition) is 2. The SMILES string of the molecule is O=C([CH]c1cc2ccccc2[nH]1)NCCO. The molecule has 0 spiro atoms. The Hall–Kier alpha value is -1.81. The van der Waals surface area contributed by atoms with E-state index in [4.69, 9.17) is 5.11 Å². The van der Waals surface area contributed by atoms with Crippen molar-refractivity contribution in [1.82, 2.24) is 10.3 Å². The summed E-state index contributed by atoms with van der Waals surface area (Å²) in [6, 6.07) is 9.74. The number of para-hydroxylation sites is 1. The van der Waals surface area contributed by atoms with Gasteiger partial charge in [-0.05, 0) is 17.5 Å². The number of H-pyrrole nitrogens is 1. The summed E-state index contributed by atoms with van der Waals surface area (Å²) in [5.41, 5.74) is 1.76. The third kappa shape index (κ3) is 2.41. The predicted octanol–water partition coefficient (Wildman–Crippen LogP) is 0.829. The molecule has 1 heterocycles. The molecular formula is C12H13N2O2. The normalized spacial score (nSPS) is 10.6. The molecular weight excluding hydrogens is 204 g/mol. The first-order chi connectivity index (χ1) is 7.79. The van der Waals surface area contributed by atoms with Gasteiger partial charge in [0.25, 0.3) is 0 Å². The summed E-state index contributed by atoms with van der Waals surface area (Å²) in [6.07, 6.45) is 1.48. The highest BCUT2D eigenvalue weighted by Gasteiger charge is 2.06. The molecule has 2 rings (SSSR count). The lowest BCUT2D eigenvalue weighted by molar-refractivity contribution is -0.117. The number of nitrogens with one attached hydrogen (secondary N) is 2. The van der Waals surface area contributed by atoms with Crippen molar-refractivity contribution in [1.29, 1.82) is 0 Å². The van der Waals surface area contributed by atoms with Gasteiger partial charge in [-0.3, -0.25) is 4.79 Å². The maximum absolute atomic E-state index is 11.4. The number of rotatable bonds is 4. The van der Waals surface area contributed by atoms with Crippen LogP contribution in [0, 0.1) is 6.42 Å². The summed E-state index contributed by atoms with van der Waals surface area (Å²) in [6.45, 7) is 0.224. The quantitative estimate of drug-likeness (QED) is 0.710. The lowest BCUT2D eigenvalue weighted by Crippen LogP contribution is -2.26. The first-order valence-electron chi connectivity index (χ1n) is 5.11. The average molecular weight is 217 g/mol. The average Bonchev–Trinajstić information content (AvgIpc) is 2.68. The highest BCUT2D eigenvalue weighted by atomic mass is 16.3. The standard InChI is InChI=1S/C12H13N2O2/c15-6-5-13-12(16)8-10-7-9-3-1-2-4-11(9)14-10/h1-4,7-8,14-15H,5-6H2,(H,13,16). The van der Waals surface area contributed by atoms with Gasteiger partial charge in [-0.1, -0.05) is 18.2 Å². The molecule has 0 atom stereocenters. The van der Waals surface area contributed by atoms with E-state index in [0.29, 0.717) is 0 Å². The first kappa shape index (κ1) is 10.7. The second-order valence-corrected chi connectivity index (χ2v) is 3.47. The zero-order chi connectivity index (χ0) is 11.4. The second-order valence-electron chi connectivity index (χ2n) is 3.47. The largest absolute Gasteiger partial charge is 0.395 e. The van der Waals surface area contributed by atoms with E-state index < -0.39 is 0 Å². The molecule has 1 aromatic heterocycles. The van der Waals surface area contributed by atoms with Crippen LogP contribution in [0.4, 0.5) is 0 Å². The van der Waals surface area contributed by atoms with E-state index >= 15 is 0 Å². The van der Waals surface area contributed by atoms with Crippen LogP contribution in [0.3, 0.4) is 0 Å². The number of aliphatic hydroxyl groups excluding tert-OH is 1. The van der Waals surface area contributed by atoms with Crippen molar-refractivity contribution in [3.63, 3.8) is 0 Å². The van der Waals surface area contributed by atoms with Crippen molar-refractivity contribution in [2.75, 3.05) is 13.2 Å². The van der Waals surface area contributed by atoms with Gasteiger partial charge in [0.15, 0.2) is 0 Å². The van der Waals surface area contributed by atoms with E-state index in [1.807, 2.05) is 30.3 Å². The maximum Gasteiger partial charge on any atom is 0.230 e. The summed E-state index contributed by atoms with van der Waals surface area (Å²) in [7, 11) is 0. The van der Waals surface area contributed by atoms with Crippen LogP contribution in [0.25, 0.3) is 10.9 Å². The molecule has 16 heavy (non-hydrogen) atoms. The first-order valence-corrected chi connectivity index (χ1v) is 5.11. The Balaban J connectivity index is 2.07. The molecule has 1 amide bonds. The molecule has 83 valence electrons. The molecule has 1 radical (unpaired) electrons. The van der Waals surface area contributed by atoms with E-state index in [9.17, 15) is 4.79 Å². The van der Waals surface area contributed by atoms with Crippen LogP contribution in [-0.4, -0.2) is 29.1 Å². The minimum atomic E-state index is -0.208. The van der Waals surface area contributed by atoms with Crippen LogP contribution in [0.15, 0.2) is 30.3 Å². The number of amides is 1. The van der Waals surface area contributed by atoms with Gasteiger partial charge in [0.05, 0.1) is 13.0 Å². The molecule has 0 saturated carbocycles. The minimum absolute atomic E-state index is 0.0493. The van der Waals surface area contributed by atoms with Crippen LogP contribution >= 0.6 is 0 Å². The fourth-order valence-corrected chi connectivity index (χ4v) is 1.54. The lowest BCUT2D eigenvalue weighted by atomic mass is 10.2. The lowest BCUT2D eigenvalue weighted by Gasteiger charge is -2.00. The van der Waals surface area contributed by atoms with E-state index in [2.05, 4.69) is 10.3 Å². The summed E-state index contributed by atoms with van der Waals surface area (Å²) in [5, 5.41) is 12.2. The van der Waals surface area contributed by atoms with Crippen molar-refractivity contribution < 1.29 is 9.90 Å². The van der Waals surface area contributed by atoms with E-state index in [1.54, 1.807) is 0 Å². The van der Waals surface area contributed by atoms with Gasteiger partial charge in [0.2, 0.25) is 5.91 Å². The van der Waals surface area contributed by atoms with Crippen molar-refractivity contribution in [3.8, 4) is 0 Å². The monoisotopic (exact) mass is 217 g/mol. The Morgan fingerprint density at radius 1 is 1.44 bits per heavy atom. The van der Waals surface area contributed by atoms with E-state index in [0.717, 1.165) is 16.6 Å². The van der Waals surface area contributed by atoms with Gasteiger partial charge in [-0.25, -0.2) is 0 Å². The number of aliphatic hydroxyl groups is 1. The third-order valence-corrected chi connectivity index (χ3v) is 2.25. The highest BCUT2D eigenvalue weighted by Crippen LogP contribution is 2.15. The zero-order valence-electron chi connectivity index (χ0n) is 8.73. The van der Waals surface area contributed by atoms with Gasteiger partial charge < -0.3 is 15.4 Å². The molecule has 2 aromatic rings. The van der Waals surface area contributed by atoms with Crippen molar-refractivity contribution >= 4 is 16.8 Å². The molecule has 0 saturated heterocycles. The Kier molecular flexibility index (Phi) is 3.22. The van der Waals surface area contributed by atoms with Crippen LogP contribution in [-0.2, 0) is 4.79 Å².